The Hall–Kier alpha value is -2.65. The largest absolute Gasteiger partial charge is 0.497 e. The fourth-order valence-corrected chi connectivity index (χ4v) is 4.70. The highest BCUT2D eigenvalue weighted by Crippen LogP contribution is 2.31. The average molecular weight is 391 g/mol. The van der Waals surface area contributed by atoms with Crippen LogP contribution in [0.3, 0.4) is 0 Å². The fourth-order valence-electron chi connectivity index (χ4n) is 2.99. The second kappa shape index (κ2) is 7.93. The molecule has 0 saturated carbocycles. The van der Waals surface area contributed by atoms with E-state index in [1.54, 1.807) is 7.11 Å². The number of sulfonamides is 1. The lowest BCUT2D eigenvalue weighted by molar-refractivity contribution is -0.385. The maximum absolute atomic E-state index is 13.0. The zero-order chi connectivity index (χ0) is 19.4. The predicted octanol–water partition coefficient (Wildman–Crippen LogP) is 3.00. The Morgan fingerprint density at radius 3 is 2.41 bits per heavy atom. The molecule has 1 aliphatic rings. The van der Waals surface area contributed by atoms with Crippen LogP contribution in [-0.2, 0) is 16.6 Å². The van der Waals surface area contributed by atoms with Crippen molar-refractivity contribution in [3.63, 3.8) is 0 Å². The normalized spacial score (nSPS) is 14.9. The van der Waals surface area contributed by atoms with Gasteiger partial charge in [-0.15, -0.1) is 0 Å². The lowest BCUT2D eigenvalue weighted by atomic mass is 10.2. The summed E-state index contributed by atoms with van der Waals surface area (Å²) in [6, 6.07) is 11.2. The highest BCUT2D eigenvalue weighted by Gasteiger charge is 2.30. The summed E-state index contributed by atoms with van der Waals surface area (Å²) < 4.78 is 32.4. The molecule has 2 aromatic carbocycles. The van der Waals surface area contributed by atoms with Gasteiger partial charge in [-0.25, -0.2) is 8.42 Å². The molecule has 0 amide bonds. The number of hydrogen-bond donors (Lipinski definition) is 1. The topological polar surface area (TPSA) is 102 Å². The molecule has 3 rings (SSSR count). The van der Waals surface area contributed by atoms with E-state index in [0.717, 1.165) is 30.2 Å². The standard InChI is InChI=1S/C18H21N3O5S/c1-26-16-7-4-14(5-8-16)13-19-17-9-6-15(21(22)23)12-18(17)27(24,25)20-10-2-3-11-20/h4-9,12,19H,2-3,10-11,13H2,1H3. The molecule has 144 valence electrons. The van der Waals surface area contributed by atoms with E-state index < -0.39 is 14.9 Å². The SMILES string of the molecule is COc1ccc(CNc2ccc([N+](=O)[O-])cc2S(=O)(=O)N2CCCC2)cc1. The summed E-state index contributed by atoms with van der Waals surface area (Å²) in [5.74, 6) is 0.728. The molecule has 0 spiro atoms. The molecule has 0 bridgehead atoms. The lowest BCUT2D eigenvalue weighted by Gasteiger charge is -2.19. The number of anilines is 1. The first-order chi connectivity index (χ1) is 12.9. The smallest absolute Gasteiger partial charge is 0.270 e. The van der Waals surface area contributed by atoms with Crippen LogP contribution < -0.4 is 10.1 Å². The van der Waals surface area contributed by atoms with Crippen LogP contribution in [-0.4, -0.2) is 37.8 Å². The van der Waals surface area contributed by atoms with Crippen LogP contribution in [0.4, 0.5) is 11.4 Å². The maximum Gasteiger partial charge on any atom is 0.270 e. The van der Waals surface area contributed by atoms with Crippen molar-refractivity contribution in [1.29, 1.82) is 0 Å². The number of nitrogens with zero attached hydrogens (tertiary/aromatic N) is 2. The molecule has 0 aromatic heterocycles. The molecule has 8 nitrogen and oxygen atoms in total. The van der Waals surface area contributed by atoms with Crippen LogP contribution in [0.15, 0.2) is 47.4 Å². The Morgan fingerprint density at radius 2 is 1.81 bits per heavy atom. The Kier molecular flexibility index (Phi) is 5.62. The van der Waals surface area contributed by atoms with E-state index in [2.05, 4.69) is 5.32 Å². The summed E-state index contributed by atoms with van der Waals surface area (Å²) in [6.07, 6.45) is 1.59. The van der Waals surface area contributed by atoms with E-state index in [0.29, 0.717) is 25.3 Å². The number of nitrogens with one attached hydrogen (secondary N) is 1. The second-order valence-electron chi connectivity index (χ2n) is 6.25. The van der Waals surface area contributed by atoms with Crippen molar-refractivity contribution in [3.05, 3.63) is 58.1 Å². The van der Waals surface area contributed by atoms with Crippen molar-refractivity contribution in [2.24, 2.45) is 0 Å². The molecule has 2 aromatic rings. The van der Waals surface area contributed by atoms with Crippen molar-refractivity contribution < 1.29 is 18.1 Å². The molecule has 0 aliphatic carbocycles. The number of non-ortho nitro benzene ring substituents is 1. The molecule has 1 fully saturated rings. The summed E-state index contributed by atoms with van der Waals surface area (Å²) >= 11 is 0. The van der Waals surface area contributed by atoms with Crippen LogP contribution in [0, 0.1) is 10.1 Å². The number of rotatable bonds is 7. The highest BCUT2D eigenvalue weighted by molar-refractivity contribution is 7.89. The Labute approximate surface area is 158 Å². The number of nitro benzene ring substituents is 1. The van der Waals surface area contributed by atoms with Crippen LogP contribution in [0.25, 0.3) is 0 Å². The molecule has 1 aliphatic heterocycles. The molecule has 0 unspecified atom stereocenters. The molecule has 0 radical (unpaired) electrons. The zero-order valence-electron chi connectivity index (χ0n) is 14.9. The number of benzene rings is 2. The van der Waals surface area contributed by atoms with E-state index in [1.807, 2.05) is 24.3 Å². The molecule has 1 N–H and O–H groups in total. The summed E-state index contributed by atoms with van der Waals surface area (Å²) in [5, 5.41) is 14.2. The van der Waals surface area contributed by atoms with Crippen molar-refractivity contribution in [2.75, 3.05) is 25.5 Å². The Morgan fingerprint density at radius 1 is 1.15 bits per heavy atom. The van der Waals surface area contributed by atoms with Gasteiger partial charge in [-0.3, -0.25) is 10.1 Å². The average Bonchev–Trinajstić information content (AvgIpc) is 3.22. The summed E-state index contributed by atoms with van der Waals surface area (Å²) in [6.45, 7) is 1.25. The van der Waals surface area contributed by atoms with Gasteiger partial charge in [0.25, 0.3) is 5.69 Å². The van der Waals surface area contributed by atoms with Gasteiger partial charge in [0, 0.05) is 31.8 Å². The highest BCUT2D eigenvalue weighted by atomic mass is 32.2. The summed E-state index contributed by atoms with van der Waals surface area (Å²) in [7, 11) is -2.21. The first-order valence-electron chi connectivity index (χ1n) is 8.57. The van der Waals surface area contributed by atoms with Crippen molar-refractivity contribution >= 4 is 21.4 Å². The third kappa shape index (κ3) is 4.20. The first kappa shape index (κ1) is 19.1. The number of nitro groups is 1. The predicted molar refractivity (Wildman–Crippen MR) is 101 cm³/mol. The molecule has 0 atom stereocenters. The van der Waals surface area contributed by atoms with Gasteiger partial charge in [0.2, 0.25) is 10.0 Å². The fraction of sp³-hybridized carbons (Fsp3) is 0.333. The van der Waals surface area contributed by atoms with Crippen LogP contribution in [0.5, 0.6) is 5.75 Å². The van der Waals surface area contributed by atoms with Gasteiger partial charge < -0.3 is 10.1 Å². The first-order valence-corrected chi connectivity index (χ1v) is 10.0. The van der Waals surface area contributed by atoms with Gasteiger partial charge in [0.05, 0.1) is 17.7 Å². The molecule has 1 saturated heterocycles. The number of methoxy groups -OCH3 is 1. The molecular weight excluding hydrogens is 370 g/mol. The van der Waals surface area contributed by atoms with Gasteiger partial charge >= 0.3 is 0 Å². The van der Waals surface area contributed by atoms with E-state index in [-0.39, 0.29) is 10.6 Å². The van der Waals surface area contributed by atoms with Crippen molar-refractivity contribution in [1.82, 2.24) is 4.31 Å². The molecule has 27 heavy (non-hydrogen) atoms. The van der Waals surface area contributed by atoms with E-state index in [4.69, 9.17) is 4.74 Å². The van der Waals surface area contributed by atoms with Gasteiger partial charge in [0.15, 0.2) is 0 Å². The van der Waals surface area contributed by atoms with Crippen LogP contribution in [0.1, 0.15) is 18.4 Å². The molecule has 1 heterocycles. The van der Waals surface area contributed by atoms with Crippen molar-refractivity contribution in [3.8, 4) is 5.75 Å². The summed E-state index contributed by atoms with van der Waals surface area (Å²) in [5.41, 5.74) is 1.03. The van der Waals surface area contributed by atoms with E-state index >= 15 is 0 Å². The molecular formula is C18H21N3O5S. The summed E-state index contributed by atoms with van der Waals surface area (Å²) in [4.78, 5) is 10.5. The van der Waals surface area contributed by atoms with E-state index in [9.17, 15) is 18.5 Å². The third-order valence-corrected chi connectivity index (χ3v) is 6.44. The van der Waals surface area contributed by atoms with Gasteiger partial charge in [0.1, 0.15) is 10.6 Å². The minimum Gasteiger partial charge on any atom is -0.497 e. The minimum absolute atomic E-state index is 0.0629. The quantitative estimate of drug-likeness (QED) is 0.575. The minimum atomic E-state index is -3.79. The van der Waals surface area contributed by atoms with Crippen molar-refractivity contribution in [2.45, 2.75) is 24.3 Å². The Balaban J connectivity index is 1.90. The van der Waals surface area contributed by atoms with Gasteiger partial charge in [-0.2, -0.15) is 4.31 Å². The van der Waals surface area contributed by atoms with Gasteiger partial charge in [-0.05, 0) is 36.6 Å². The van der Waals surface area contributed by atoms with Crippen LogP contribution >= 0.6 is 0 Å². The maximum atomic E-state index is 13.0. The third-order valence-electron chi connectivity index (χ3n) is 4.50. The molecule has 9 heteroatoms. The van der Waals surface area contributed by atoms with E-state index in [1.165, 1.54) is 16.4 Å². The monoisotopic (exact) mass is 391 g/mol. The number of ether oxygens (including phenoxy) is 1. The number of hydrogen-bond acceptors (Lipinski definition) is 6. The zero-order valence-corrected chi connectivity index (χ0v) is 15.7. The Bertz CT molecular complexity index is 923. The second-order valence-corrected chi connectivity index (χ2v) is 8.16. The van der Waals surface area contributed by atoms with Gasteiger partial charge in [-0.1, -0.05) is 12.1 Å². The lowest BCUT2D eigenvalue weighted by Crippen LogP contribution is -2.28. The van der Waals surface area contributed by atoms with Crippen LogP contribution in [0.2, 0.25) is 0 Å².